The second kappa shape index (κ2) is 9.68. The number of carbonyl (C=O) groups is 2. The van der Waals surface area contributed by atoms with Gasteiger partial charge >= 0.3 is 18.1 Å². The lowest BCUT2D eigenvalue weighted by Gasteiger charge is -2.37. The van der Waals surface area contributed by atoms with E-state index in [9.17, 15) is 9.59 Å². The van der Waals surface area contributed by atoms with Crippen LogP contribution in [0.4, 0.5) is 4.79 Å². The highest BCUT2D eigenvalue weighted by molar-refractivity contribution is 6.30. The first-order chi connectivity index (χ1) is 17.0. The average Bonchev–Trinajstić information content (AvgIpc) is 3.29. The average molecular weight is 493 g/mol. The number of hydrogen-bond acceptors (Lipinski definition) is 7. The van der Waals surface area contributed by atoms with E-state index in [0.717, 1.165) is 11.1 Å². The van der Waals surface area contributed by atoms with Crippen molar-refractivity contribution in [2.24, 2.45) is 0 Å². The van der Waals surface area contributed by atoms with Crippen LogP contribution in [0.5, 0.6) is 11.8 Å². The molecule has 4 aromatic rings. The van der Waals surface area contributed by atoms with E-state index in [0.29, 0.717) is 40.4 Å². The fourth-order valence-electron chi connectivity index (χ4n) is 4.24. The number of halogens is 1. The molecule has 0 unspecified atom stereocenters. The van der Waals surface area contributed by atoms with Crippen LogP contribution in [-0.4, -0.2) is 42.2 Å². The van der Waals surface area contributed by atoms with Gasteiger partial charge in [-0.3, -0.25) is 4.90 Å². The van der Waals surface area contributed by atoms with Gasteiger partial charge in [-0.1, -0.05) is 48.0 Å². The van der Waals surface area contributed by atoms with Gasteiger partial charge in [0, 0.05) is 17.1 Å². The van der Waals surface area contributed by atoms with Crippen LogP contribution in [0.25, 0.3) is 11.1 Å². The fourth-order valence-corrected chi connectivity index (χ4v) is 4.42. The smallest absolute Gasteiger partial charge is 0.410 e. The van der Waals surface area contributed by atoms with Crippen LogP contribution in [0.15, 0.2) is 71.1 Å². The number of benzene rings is 3. The lowest BCUT2D eigenvalue weighted by molar-refractivity contribution is -0.138. The molecule has 0 bridgehead atoms. The molecular formula is C26H21ClN2O6. The van der Waals surface area contributed by atoms with E-state index in [1.807, 2.05) is 30.3 Å². The highest BCUT2D eigenvalue weighted by Crippen LogP contribution is 2.40. The van der Waals surface area contributed by atoms with Gasteiger partial charge in [-0.05, 0) is 47.9 Å². The highest BCUT2D eigenvalue weighted by Gasteiger charge is 2.34. The Labute approximate surface area is 206 Å². The largest absolute Gasteiger partial charge is 0.482 e. The highest BCUT2D eigenvalue weighted by atomic mass is 35.5. The minimum absolute atomic E-state index is 0.158. The zero-order valence-electron chi connectivity index (χ0n) is 18.8. The molecule has 0 spiro atoms. The Morgan fingerprint density at radius 3 is 2.71 bits per heavy atom. The maximum atomic E-state index is 12.6. The second-order valence-electron chi connectivity index (χ2n) is 7.91. The number of para-hydroxylation sites is 2. The van der Waals surface area contributed by atoms with Crippen molar-refractivity contribution in [3.8, 4) is 11.8 Å². The molecule has 3 aromatic carbocycles. The molecule has 1 aliphatic rings. The van der Waals surface area contributed by atoms with Crippen molar-refractivity contribution in [2.45, 2.75) is 12.5 Å². The van der Waals surface area contributed by atoms with Crippen LogP contribution in [0.1, 0.15) is 22.7 Å². The summed E-state index contributed by atoms with van der Waals surface area (Å²) in [6.45, 7) is 0.0556. The zero-order chi connectivity index (χ0) is 24.4. The molecule has 0 saturated heterocycles. The molecule has 1 aromatic heterocycles. The predicted molar refractivity (Wildman–Crippen MR) is 128 cm³/mol. The van der Waals surface area contributed by atoms with Gasteiger partial charge in [0.2, 0.25) is 0 Å². The summed E-state index contributed by atoms with van der Waals surface area (Å²) in [5, 5.41) is 0.467. The van der Waals surface area contributed by atoms with Gasteiger partial charge in [0.25, 0.3) is 0 Å². The Balaban J connectivity index is 1.41. The van der Waals surface area contributed by atoms with Gasteiger partial charge in [-0.25, -0.2) is 9.59 Å². The number of hydrogen-bond donors (Lipinski definition) is 0. The van der Waals surface area contributed by atoms with Crippen LogP contribution in [0.3, 0.4) is 0 Å². The standard InChI is InChI=1S/C26H21ClN2O6/c1-32-26(31)29-13-12-16-6-2-3-7-18(16)24(29)19-14-17(27)10-11-21(19)33-15-23(30)35-25-28-20-8-4-5-9-22(20)34-25/h2-11,14,24H,12-13,15H2,1H3/t24-/m0/s1. The molecular weight excluding hydrogens is 472 g/mol. The third-order valence-electron chi connectivity index (χ3n) is 5.78. The molecule has 35 heavy (non-hydrogen) atoms. The molecule has 0 N–H and O–H groups in total. The van der Waals surface area contributed by atoms with E-state index in [1.54, 1.807) is 41.3 Å². The molecule has 0 radical (unpaired) electrons. The van der Waals surface area contributed by atoms with Gasteiger partial charge in [0.15, 0.2) is 12.2 Å². The van der Waals surface area contributed by atoms with Crippen molar-refractivity contribution in [3.05, 3.63) is 88.4 Å². The third-order valence-corrected chi connectivity index (χ3v) is 6.01. The molecule has 0 saturated carbocycles. The minimum atomic E-state index is -0.689. The SMILES string of the molecule is COC(=O)N1CCc2ccccc2[C@H]1c1cc(Cl)ccc1OCC(=O)Oc1nc2ccccc2o1. The first-order valence-electron chi connectivity index (χ1n) is 10.9. The number of amides is 1. The van der Waals surface area contributed by atoms with Gasteiger partial charge < -0.3 is 18.6 Å². The molecule has 2 heterocycles. The minimum Gasteiger partial charge on any atom is -0.482 e. The maximum absolute atomic E-state index is 12.6. The van der Waals surface area contributed by atoms with E-state index >= 15 is 0 Å². The van der Waals surface area contributed by atoms with Crippen molar-refractivity contribution in [3.63, 3.8) is 0 Å². The first kappa shape index (κ1) is 22.7. The summed E-state index contributed by atoms with van der Waals surface area (Å²) in [5.74, 6) is -0.300. The number of carbonyl (C=O) groups excluding carboxylic acids is 2. The van der Waals surface area contributed by atoms with E-state index in [1.165, 1.54) is 7.11 Å². The molecule has 9 heteroatoms. The second-order valence-corrected chi connectivity index (χ2v) is 8.34. The van der Waals surface area contributed by atoms with Gasteiger partial charge in [0.05, 0.1) is 13.2 Å². The summed E-state index contributed by atoms with van der Waals surface area (Å²) in [6.07, 6.45) is 0.0648. The van der Waals surface area contributed by atoms with Crippen molar-refractivity contribution in [1.29, 1.82) is 0 Å². The van der Waals surface area contributed by atoms with E-state index in [-0.39, 0.29) is 6.08 Å². The van der Waals surface area contributed by atoms with Crippen LogP contribution in [-0.2, 0) is 16.0 Å². The maximum Gasteiger partial charge on any atom is 0.410 e. The summed E-state index contributed by atoms with van der Waals surface area (Å²) < 4.78 is 21.5. The van der Waals surface area contributed by atoms with Crippen LogP contribution >= 0.6 is 11.6 Å². The molecule has 8 nitrogen and oxygen atoms in total. The molecule has 0 aliphatic carbocycles. The van der Waals surface area contributed by atoms with Crippen molar-refractivity contribution < 1.29 is 28.2 Å². The van der Waals surface area contributed by atoms with Gasteiger partial charge in [0.1, 0.15) is 11.3 Å². The van der Waals surface area contributed by atoms with Gasteiger partial charge in [-0.2, -0.15) is 4.98 Å². The quantitative estimate of drug-likeness (QED) is 0.354. The number of oxazole rings is 1. The number of fused-ring (bicyclic) bond motifs is 2. The molecule has 178 valence electrons. The summed E-state index contributed by atoms with van der Waals surface area (Å²) in [7, 11) is 1.34. The van der Waals surface area contributed by atoms with Crippen LogP contribution in [0, 0.1) is 0 Å². The summed E-state index contributed by atoms with van der Waals surface area (Å²) in [6, 6.07) is 19.5. The third kappa shape index (κ3) is 4.65. The Kier molecular flexibility index (Phi) is 6.29. The molecule has 1 amide bonds. The molecule has 1 aliphatic heterocycles. The van der Waals surface area contributed by atoms with Gasteiger partial charge in [-0.15, -0.1) is 0 Å². The normalized spacial score (nSPS) is 14.9. The van der Waals surface area contributed by atoms with Crippen molar-refractivity contribution >= 4 is 34.8 Å². The Bertz CT molecular complexity index is 1370. The van der Waals surface area contributed by atoms with Crippen LogP contribution in [0.2, 0.25) is 5.02 Å². The molecule has 1 atom stereocenters. The van der Waals surface area contributed by atoms with Crippen molar-refractivity contribution in [1.82, 2.24) is 9.88 Å². The Hall–Kier alpha value is -4.04. The Morgan fingerprint density at radius 2 is 1.89 bits per heavy atom. The first-order valence-corrected chi connectivity index (χ1v) is 11.3. The predicted octanol–water partition coefficient (Wildman–Crippen LogP) is 5.18. The van der Waals surface area contributed by atoms with E-state index < -0.39 is 24.7 Å². The summed E-state index contributed by atoms with van der Waals surface area (Å²) >= 11 is 6.33. The molecule has 0 fully saturated rings. The summed E-state index contributed by atoms with van der Waals surface area (Å²) in [5.41, 5.74) is 3.76. The fraction of sp³-hybridized carbons (Fsp3) is 0.192. The monoisotopic (exact) mass is 492 g/mol. The number of methoxy groups -OCH3 is 1. The topological polar surface area (TPSA) is 91.1 Å². The number of aromatic nitrogens is 1. The number of rotatable bonds is 5. The van der Waals surface area contributed by atoms with E-state index in [2.05, 4.69) is 4.98 Å². The number of ether oxygens (including phenoxy) is 3. The Morgan fingerprint density at radius 1 is 1.09 bits per heavy atom. The summed E-state index contributed by atoms with van der Waals surface area (Å²) in [4.78, 5) is 30.9. The lowest BCUT2D eigenvalue weighted by atomic mass is 9.88. The number of nitrogens with zero attached hydrogens (tertiary/aromatic N) is 2. The van der Waals surface area contributed by atoms with Crippen molar-refractivity contribution in [2.75, 3.05) is 20.3 Å². The number of esters is 1. The van der Waals surface area contributed by atoms with Crippen LogP contribution < -0.4 is 9.47 Å². The molecule has 5 rings (SSSR count). The zero-order valence-corrected chi connectivity index (χ0v) is 19.5. The van der Waals surface area contributed by atoms with E-state index in [4.69, 9.17) is 30.2 Å². The lowest BCUT2D eigenvalue weighted by Crippen LogP contribution is -2.40.